The first-order valence-corrected chi connectivity index (χ1v) is 9.17. The van der Waals surface area contributed by atoms with Crippen LogP contribution in [0, 0.1) is 6.92 Å². The van der Waals surface area contributed by atoms with Crippen molar-refractivity contribution in [3.05, 3.63) is 29.8 Å². The number of pyridine rings is 1. The van der Waals surface area contributed by atoms with Crippen LogP contribution in [0.5, 0.6) is 0 Å². The van der Waals surface area contributed by atoms with Gasteiger partial charge in [-0.3, -0.25) is 0 Å². The zero-order valence-corrected chi connectivity index (χ0v) is 14.8. The average Bonchev–Trinajstić information content (AvgIpc) is 2.45. The Hall–Kier alpha value is -1.95. The van der Waals surface area contributed by atoms with Crippen LogP contribution in [0.15, 0.2) is 29.3 Å². The van der Waals surface area contributed by atoms with Gasteiger partial charge in [0, 0.05) is 31.6 Å². The van der Waals surface area contributed by atoms with Gasteiger partial charge in [-0.15, -0.1) is 0 Å². The molecule has 0 aliphatic carbocycles. The molecule has 2 rings (SSSR count). The van der Waals surface area contributed by atoms with Crippen molar-refractivity contribution in [1.82, 2.24) is 4.98 Å². The molecule has 0 aliphatic rings. The molecule has 1 heterocycles. The number of fused-ring (bicyclic) bond motifs is 1. The fourth-order valence-electron chi connectivity index (χ4n) is 2.55. The molecule has 0 bridgehead atoms. The topological polar surface area (TPSA) is 67.3 Å². The van der Waals surface area contributed by atoms with Gasteiger partial charge >= 0.3 is 0 Å². The van der Waals surface area contributed by atoms with E-state index < -0.39 is 9.84 Å². The number of hydrogen-bond acceptors (Lipinski definition) is 5. The van der Waals surface area contributed by atoms with E-state index in [4.69, 9.17) is 0 Å². The Labute approximate surface area is 137 Å². The lowest BCUT2D eigenvalue weighted by Gasteiger charge is -2.18. The number of aryl methyl sites for hydroxylation is 1. The number of carbonyl (C=O) groups is 1. The number of ketones is 1. The van der Waals surface area contributed by atoms with Crippen molar-refractivity contribution in [2.75, 3.05) is 24.7 Å². The number of anilines is 1. The predicted molar refractivity (Wildman–Crippen MR) is 92.8 cm³/mol. The fourth-order valence-corrected chi connectivity index (χ4v) is 3.81. The molecule has 0 N–H and O–H groups in total. The van der Waals surface area contributed by atoms with Crippen LogP contribution in [-0.2, 0) is 14.6 Å². The number of aromatic nitrogens is 1. The van der Waals surface area contributed by atoms with Crippen LogP contribution in [0.3, 0.4) is 0 Å². The zero-order valence-electron chi connectivity index (χ0n) is 14.0. The molecule has 23 heavy (non-hydrogen) atoms. The summed E-state index contributed by atoms with van der Waals surface area (Å²) in [5.41, 5.74) is 2.55. The van der Waals surface area contributed by atoms with Crippen LogP contribution >= 0.6 is 0 Å². The smallest absolute Gasteiger partial charge is 0.195 e. The maximum absolute atomic E-state index is 12.5. The summed E-state index contributed by atoms with van der Waals surface area (Å²) in [5, 5.41) is 1.03. The molecule has 0 aliphatic heterocycles. The van der Waals surface area contributed by atoms with Gasteiger partial charge in [0.1, 0.15) is 5.78 Å². The third-order valence-corrected chi connectivity index (χ3v) is 5.41. The van der Waals surface area contributed by atoms with E-state index >= 15 is 0 Å². The van der Waals surface area contributed by atoms with Gasteiger partial charge in [0.05, 0.1) is 11.3 Å². The maximum Gasteiger partial charge on any atom is 0.195 e. The van der Waals surface area contributed by atoms with Crippen molar-refractivity contribution in [1.29, 1.82) is 0 Å². The van der Waals surface area contributed by atoms with E-state index in [-0.39, 0.29) is 23.0 Å². The highest BCUT2D eigenvalue weighted by Crippen LogP contribution is 2.30. The van der Waals surface area contributed by atoms with E-state index in [9.17, 15) is 13.2 Å². The molecule has 124 valence electrons. The minimum Gasteiger partial charge on any atom is -0.377 e. The summed E-state index contributed by atoms with van der Waals surface area (Å²) in [6, 6.07) is 7.30. The summed E-state index contributed by atoms with van der Waals surface area (Å²) in [7, 11) is 0.258. The highest BCUT2D eigenvalue weighted by atomic mass is 32.2. The van der Waals surface area contributed by atoms with Gasteiger partial charge in [0.2, 0.25) is 0 Å². The molecule has 0 radical (unpaired) electrons. The summed E-state index contributed by atoms with van der Waals surface area (Å²) in [6.07, 6.45) is 0.592. The van der Waals surface area contributed by atoms with Gasteiger partial charge in [0.25, 0.3) is 0 Å². The molecule has 6 heteroatoms. The van der Waals surface area contributed by atoms with Crippen molar-refractivity contribution < 1.29 is 13.2 Å². The predicted octanol–water partition coefficient (Wildman–Crippen LogP) is 2.75. The van der Waals surface area contributed by atoms with E-state index in [1.807, 2.05) is 44.1 Å². The minimum atomic E-state index is -3.51. The van der Waals surface area contributed by atoms with Crippen molar-refractivity contribution in [2.24, 2.45) is 0 Å². The molecule has 2 aromatic rings. The standard InChI is InChI=1S/C17H22N2O3S/c1-12-7-5-9-14-17(12)15(19(3)4)11-16(18-14)23(21,22)10-6-8-13(2)20/h5,7,9,11H,6,8,10H2,1-4H3. The van der Waals surface area contributed by atoms with E-state index in [1.165, 1.54) is 6.92 Å². The summed E-state index contributed by atoms with van der Waals surface area (Å²) >= 11 is 0. The second-order valence-electron chi connectivity index (χ2n) is 5.97. The minimum absolute atomic E-state index is 0.00345. The molecule has 0 unspecified atom stereocenters. The Kier molecular flexibility index (Phi) is 5.04. The van der Waals surface area contributed by atoms with E-state index in [1.54, 1.807) is 6.07 Å². The third-order valence-electron chi connectivity index (χ3n) is 3.74. The molecule has 1 aromatic carbocycles. The normalized spacial score (nSPS) is 11.7. The second-order valence-corrected chi connectivity index (χ2v) is 8.02. The van der Waals surface area contributed by atoms with Crippen molar-refractivity contribution in [2.45, 2.75) is 31.7 Å². The van der Waals surface area contributed by atoms with Gasteiger partial charge in [0.15, 0.2) is 14.9 Å². The number of rotatable bonds is 6. The molecule has 0 saturated carbocycles. The van der Waals surface area contributed by atoms with Gasteiger partial charge in [-0.1, -0.05) is 12.1 Å². The van der Waals surface area contributed by atoms with Gasteiger partial charge in [-0.05, 0) is 38.0 Å². The summed E-state index contributed by atoms with van der Waals surface area (Å²) in [6.45, 7) is 3.45. The maximum atomic E-state index is 12.5. The third kappa shape index (κ3) is 3.88. The largest absolute Gasteiger partial charge is 0.377 e. The SMILES string of the molecule is CC(=O)CCCS(=O)(=O)c1cc(N(C)C)c2c(C)cccc2n1. The molecular formula is C17H22N2O3S. The lowest BCUT2D eigenvalue weighted by molar-refractivity contribution is -0.117. The Morgan fingerprint density at radius 3 is 2.57 bits per heavy atom. The number of hydrogen-bond donors (Lipinski definition) is 0. The first-order valence-electron chi connectivity index (χ1n) is 7.52. The quantitative estimate of drug-likeness (QED) is 0.812. The summed E-state index contributed by atoms with van der Waals surface area (Å²) < 4.78 is 25.0. The van der Waals surface area contributed by atoms with Crippen LogP contribution in [0.25, 0.3) is 10.9 Å². The highest BCUT2D eigenvalue weighted by molar-refractivity contribution is 7.91. The number of Topliss-reactive ketones (excluding diaryl/α,β-unsaturated/α-hetero) is 1. The Morgan fingerprint density at radius 2 is 1.96 bits per heavy atom. The number of benzene rings is 1. The second kappa shape index (κ2) is 6.66. The lowest BCUT2D eigenvalue weighted by Crippen LogP contribution is -2.14. The van der Waals surface area contributed by atoms with E-state index in [2.05, 4.69) is 4.98 Å². The van der Waals surface area contributed by atoms with Crippen LogP contribution in [0.4, 0.5) is 5.69 Å². The summed E-state index contributed by atoms with van der Waals surface area (Å²) in [5.74, 6) is -0.0692. The van der Waals surface area contributed by atoms with Crippen LogP contribution in [-0.4, -0.2) is 39.0 Å². The van der Waals surface area contributed by atoms with Crippen molar-refractivity contribution >= 4 is 32.2 Å². The lowest BCUT2D eigenvalue weighted by atomic mass is 10.1. The first-order chi connectivity index (χ1) is 10.7. The molecule has 5 nitrogen and oxygen atoms in total. The number of sulfone groups is 1. The van der Waals surface area contributed by atoms with Crippen LogP contribution < -0.4 is 4.90 Å². The molecule has 0 amide bonds. The van der Waals surface area contributed by atoms with Crippen molar-refractivity contribution in [3.8, 4) is 0 Å². The molecule has 1 aromatic heterocycles. The number of nitrogens with zero attached hydrogens (tertiary/aromatic N) is 2. The molecule has 0 fully saturated rings. The van der Waals surface area contributed by atoms with Crippen molar-refractivity contribution in [3.63, 3.8) is 0 Å². The highest BCUT2D eigenvalue weighted by Gasteiger charge is 2.20. The first kappa shape index (κ1) is 17.4. The fraction of sp³-hybridized carbons (Fsp3) is 0.412. The zero-order chi connectivity index (χ0) is 17.2. The Morgan fingerprint density at radius 1 is 1.26 bits per heavy atom. The Balaban J connectivity index is 2.52. The van der Waals surface area contributed by atoms with Crippen LogP contribution in [0.1, 0.15) is 25.3 Å². The molecule has 0 spiro atoms. The van der Waals surface area contributed by atoms with Gasteiger partial charge < -0.3 is 9.69 Å². The average molecular weight is 334 g/mol. The van der Waals surface area contributed by atoms with Gasteiger partial charge in [-0.25, -0.2) is 13.4 Å². The van der Waals surface area contributed by atoms with E-state index in [0.29, 0.717) is 11.9 Å². The summed E-state index contributed by atoms with van der Waals surface area (Å²) in [4.78, 5) is 17.2. The van der Waals surface area contributed by atoms with E-state index in [0.717, 1.165) is 16.6 Å². The molecule has 0 saturated heterocycles. The Bertz CT molecular complexity index is 842. The molecular weight excluding hydrogens is 312 g/mol. The van der Waals surface area contributed by atoms with Gasteiger partial charge in [-0.2, -0.15) is 0 Å². The van der Waals surface area contributed by atoms with Crippen LogP contribution in [0.2, 0.25) is 0 Å². The monoisotopic (exact) mass is 334 g/mol. The number of carbonyl (C=O) groups excluding carboxylic acids is 1. The molecule has 0 atom stereocenters.